The van der Waals surface area contributed by atoms with Crippen LogP contribution in [-0.4, -0.2) is 23.8 Å². The summed E-state index contributed by atoms with van der Waals surface area (Å²) >= 11 is 3.43. The van der Waals surface area contributed by atoms with Crippen molar-refractivity contribution in [2.24, 2.45) is 0 Å². The van der Waals surface area contributed by atoms with Crippen LogP contribution in [0.25, 0.3) is 0 Å². The minimum Gasteiger partial charge on any atom is -0.302 e. The van der Waals surface area contributed by atoms with Crippen molar-refractivity contribution in [2.45, 2.75) is 32.7 Å². The number of nitrogens with zero attached hydrogens (tertiary/aromatic N) is 1. The van der Waals surface area contributed by atoms with Crippen molar-refractivity contribution in [2.75, 3.05) is 18.9 Å². The van der Waals surface area contributed by atoms with E-state index < -0.39 is 0 Å². The average Bonchev–Trinajstić information content (AvgIpc) is 2.29. The number of aryl methyl sites for hydroxylation is 1. The van der Waals surface area contributed by atoms with E-state index in [1.165, 1.54) is 30.9 Å². The molecule has 0 fully saturated rings. The van der Waals surface area contributed by atoms with Crippen molar-refractivity contribution in [3.05, 3.63) is 35.1 Å². The van der Waals surface area contributed by atoms with Crippen LogP contribution < -0.4 is 0 Å². The first-order valence-electron chi connectivity index (χ1n) is 6.13. The molecule has 0 atom stereocenters. The lowest BCUT2D eigenvalue weighted by Crippen LogP contribution is -2.19. The van der Waals surface area contributed by atoms with Gasteiger partial charge in [-0.1, -0.05) is 28.4 Å². The van der Waals surface area contributed by atoms with Crippen LogP contribution in [0.2, 0.25) is 0 Å². The summed E-state index contributed by atoms with van der Waals surface area (Å²) in [6.45, 7) is 3.94. The summed E-state index contributed by atoms with van der Waals surface area (Å²) in [5.41, 5.74) is 2.26. The first kappa shape index (κ1) is 14.7. The summed E-state index contributed by atoms with van der Waals surface area (Å²) in [4.78, 5) is 2.26. The van der Waals surface area contributed by atoms with Crippen LogP contribution in [0.3, 0.4) is 0 Å². The molecule has 1 aromatic rings. The highest BCUT2D eigenvalue weighted by Crippen LogP contribution is 2.12. The van der Waals surface area contributed by atoms with Crippen LogP contribution >= 0.6 is 15.9 Å². The first-order valence-corrected chi connectivity index (χ1v) is 7.25. The Bertz CT molecular complexity index is 341. The van der Waals surface area contributed by atoms with Crippen LogP contribution in [0, 0.1) is 12.7 Å². The van der Waals surface area contributed by atoms with E-state index in [4.69, 9.17) is 0 Å². The topological polar surface area (TPSA) is 3.24 Å². The molecule has 0 aliphatic rings. The van der Waals surface area contributed by atoms with E-state index in [9.17, 15) is 4.39 Å². The number of hydrogen-bond acceptors (Lipinski definition) is 1. The predicted molar refractivity (Wildman–Crippen MR) is 75.1 cm³/mol. The Kier molecular flexibility index (Phi) is 6.75. The van der Waals surface area contributed by atoms with E-state index in [0.29, 0.717) is 0 Å². The third-order valence-electron chi connectivity index (χ3n) is 2.92. The molecule has 0 N–H and O–H groups in total. The van der Waals surface area contributed by atoms with Gasteiger partial charge in [-0.15, -0.1) is 0 Å². The Morgan fingerprint density at radius 3 is 2.71 bits per heavy atom. The van der Waals surface area contributed by atoms with Gasteiger partial charge in [-0.05, 0) is 56.6 Å². The van der Waals surface area contributed by atoms with Gasteiger partial charge in [0.15, 0.2) is 0 Å². The predicted octanol–water partition coefficient (Wildman–Crippen LogP) is 4.13. The lowest BCUT2D eigenvalue weighted by molar-refractivity contribution is 0.317. The van der Waals surface area contributed by atoms with Crippen LogP contribution in [0.15, 0.2) is 18.2 Å². The Balaban J connectivity index is 2.39. The van der Waals surface area contributed by atoms with Crippen molar-refractivity contribution in [1.82, 2.24) is 4.90 Å². The molecule has 0 aliphatic carbocycles. The van der Waals surface area contributed by atoms with Crippen molar-refractivity contribution in [3.8, 4) is 0 Å². The fraction of sp³-hybridized carbons (Fsp3) is 0.571. The van der Waals surface area contributed by atoms with Gasteiger partial charge in [0, 0.05) is 11.9 Å². The van der Waals surface area contributed by atoms with Gasteiger partial charge in [-0.25, -0.2) is 4.39 Å². The van der Waals surface area contributed by atoms with Gasteiger partial charge in [0.05, 0.1) is 0 Å². The zero-order chi connectivity index (χ0) is 12.7. The quantitative estimate of drug-likeness (QED) is 0.541. The van der Waals surface area contributed by atoms with Gasteiger partial charge in [0.1, 0.15) is 5.82 Å². The highest BCUT2D eigenvalue weighted by molar-refractivity contribution is 9.09. The number of hydrogen-bond donors (Lipinski definition) is 0. The maximum atomic E-state index is 13.1. The third kappa shape index (κ3) is 5.64. The fourth-order valence-corrected chi connectivity index (χ4v) is 2.23. The Morgan fingerprint density at radius 1 is 1.24 bits per heavy atom. The molecular formula is C14H21BrFN. The SMILES string of the molecule is Cc1ccc(F)cc1CN(C)CCCCCBr. The standard InChI is InChI=1S/C14H21BrFN/c1-12-6-7-14(16)10-13(12)11-17(2)9-5-3-4-8-15/h6-7,10H,3-5,8-9,11H2,1-2H3. The molecule has 96 valence electrons. The Hall–Kier alpha value is -0.410. The molecule has 0 radical (unpaired) electrons. The molecule has 0 spiro atoms. The highest BCUT2D eigenvalue weighted by Gasteiger charge is 2.04. The second-order valence-corrected chi connectivity index (χ2v) is 5.35. The molecule has 0 bridgehead atoms. The number of alkyl halides is 1. The second kappa shape index (κ2) is 7.83. The molecule has 3 heteroatoms. The molecule has 1 aromatic carbocycles. The van der Waals surface area contributed by atoms with E-state index in [-0.39, 0.29) is 5.82 Å². The Labute approximate surface area is 112 Å². The van der Waals surface area contributed by atoms with E-state index >= 15 is 0 Å². The lowest BCUT2D eigenvalue weighted by Gasteiger charge is -2.17. The zero-order valence-corrected chi connectivity index (χ0v) is 12.3. The minimum atomic E-state index is -0.140. The summed E-state index contributed by atoms with van der Waals surface area (Å²) < 4.78 is 13.1. The highest BCUT2D eigenvalue weighted by atomic mass is 79.9. The normalized spacial score (nSPS) is 11.1. The molecular weight excluding hydrogens is 281 g/mol. The molecule has 0 saturated carbocycles. The van der Waals surface area contributed by atoms with Crippen LogP contribution in [0.5, 0.6) is 0 Å². The maximum Gasteiger partial charge on any atom is 0.123 e. The Morgan fingerprint density at radius 2 is 2.00 bits per heavy atom. The van der Waals surface area contributed by atoms with Gasteiger partial charge in [0.25, 0.3) is 0 Å². The fourth-order valence-electron chi connectivity index (χ4n) is 1.83. The van der Waals surface area contributed by atoms with Gasteiger partial charge in [0.2, 0.25) is 0 Å². The third-order valence-corrected chi connectivity index (χ3v) is 3.49. The summed E-state index contributed by atoms with van der Waals surface area (Å²) in [6.07, 6.45) is 3.68. The number of rotatable bonds is 7. The maximum absolute atomic E-state index is 13.1. The van der Waals surface area contributed by atoms with E-state index in [0.717, 1.165) is 24.0 Å². The van der Waals surface area contributed by atoms with Crippen molar-refractivity contribution in [3.63, 3.8) is 0 Å². The zero-order valence-electron chi connectivity index (χ0n) is 10.7. The van der Waals surface area contributed by atoms with Gasteiger partial charge in [-0.2, -0.15) is 0 Å². The van der Waals surface area contributed by atoms with Crippen molar-refractivity contribution in [1.29, 1.82) is 0 Å². The summed E-state index contributed by atoms with van der Waals surface area (Å²) in [7, 11) is 2.10. The lowest BCUT2D eigenvalue weighted by atomic mass is 10.1. The monoisotopic (exact) mass is 301 g/mol. The van der Waals surface area contributed by atoms with Crippen molar-refractivity contribution < 1.29 is 4.39 Å². The molecule has 0 unspecified atom stereocenters. The van der Waals surface area contributed by atoms with E-state index in [1.54, 1.807) is 6.07 Å². The van der Waals surface area contributed by atoms with Crippen LogP contribution in [0.1, 0.15) is 30.4 Å². The second-order valence-electron chi connectivity index (χ2n) is 4.56. The molecule has 0 aliphatic heterocycles. The number of unbranched alkanes of at least 4 members (excludes halogenated alkanes) is 2. The molecule has 1 rings (SSSR count). The summed E-state index contributed by atoms with van der Waals surface area (Å²) in [5, 5.41) is 1.08. The van der Waals surface area contributed by atoms with E-state index in [1.807, 2.05) is 13.0 Å². The van der Waals surface area contributed by atoms with Gasteiger partial charge in [-0.3, -0.25) is 0 Å². The first-order chi connectivity index (χ1) is 8.13. The number of benzene rings is 1. The summed E-state index contributed by atoms with van der Waals surface area (Å²) in [5.74, 6) is -0.140. The van der Waals surface area contributed by atoms with Gasteiger partial charge >= 0.3 is 0 Å². The molecule has 0 heterocycles. The molecule has 0 aromatic heterocycles. The average molecular weight is 302 g/mol. The largest absolute Gasteiger partial charge is 0.302 e. The molecule has 0 amide bonds. The summed E-state index contributed by atoms with van der Waals surface area (Å²) in [6, 6.07) is 5.02. The smallest absolute Gasteiger partial charge is 0.123 e. The molecule has 17 heavy (non-hydrogen) atoms. The van der Waals surface area contributed by atoms with Gasteiger partial charge < -0.3 is 4.90 Å². The molecule has 0 saturated heterocycles. The van der Waals surface area contributed by atoms with Crippen LogP contribution in [0.4, 0.5) is 4.39 Å². The van der Waals surface area contributed by atoms with E-state index in [2.05, 4.69) is 27.9 Å². The number of halogens is 2. The van der Waals surface area contributed by atoms with Crippen molar-refractivity contribution >= 4 is 15.9 Å². The van der Waals surface area contributed by atoms with Crippen LogP contribution in [-0.2, 0) is 6.54 Å². The molecule has 1 nitrogen and oxygen atoms in total. The minimum absolute atomic E-state index is 0.140.